The molecule has 98 valence electrons. The van der Waals surface area contributed by atoms with Crippen LogP contribution in [0.2, 0.25) is 0 Å². The number of aryl methyl sites for hydroxylation is 2. The van der Waals surface area contributed by atoms with Crippen molar-refractivity contribution < 1.29 is 9.90 Å². The molecule has 3 atom stereocenters. The van der Waals surface area contributed by atoms with E-state index in [1.165, 1.54) is 22.3 Å². The van der Waals surface area contributed by atoms with E-state index in [9.17, 15) is 4.79 Å². The second-order valence-electron chi connectivity index (χ2n) is 5.54. The number of carboxylic acids is 1. The highest BCUT2D eigenvalue weighted by atomic mass is 16.4. The van der Waals surface area contributed by atoms with Crippen molar-refractivity contribution in [3.8, 4) is 0 Å². The van der Waals surface area contributed by atoms with Crippen LogP contribution < -0.4 is 5.73 Å². The van der Waals surface area contributed by atoms with Crippen LogP contribution in [0.4, 0.5) is 0 Å². The smallest absolute Gasteiger partial charge is 0.306 e. The number of aliphatic carboxylic acids is 1. The van der Waals surface area contributed by atoms with E-state index in [1.807, 2.05) is 0 Å². The number of benzene rings is 1. The second-order valence-corrected chi connectivity index (χ2v) is 5.54. The van der Waals surface area contributed by atoms with Crippen molar-refractivity contribution in [2.24, 2.45) is 17.6 Å². The Morgan fingerprint density at radius 2 is 1.78 bits per heavy atom. The summed E-state index contributed by atoms with van der Waals surface area (Å²) in [7, 11) is 0. The fourth-order valence-electron chi connectivity index (χ4n) is 2.86. The van der Waals surface area contributed by atoms with Gasteiger partial charge in [0.2, 0.25) is 0 Å². The maximum absolute atomic E-state index is 11.0. The van der Waals surface area contributed by atoms with Gasteiger partial charge in [0.1, 0.15) is 0 Å². The lowest BCUT2D eigenvalue weighted by molar-refractivity contribution is -0.138. The highest BCUT2D eigenvalue weighted by Gasteiger charge is 2.47. The fraction of sp³-hybridized carbons (Fsp3) is 0.533. The van der Waals surface area contributed by atoms with Crippen LogP contribution in [0.3, 0.4) is 0 Å². The highest BCUT2D eigenvalue weighted by Crippen LogP contribution is 2.48. The van der Waals surface area contributed by atoms with E-state index in [0.717, 1.165) is 5.56 Å². The Labute approximate surface area is 108 Å². The number of rotatable bonds is 3. The Kier molecular flexibility index (Phi) is 3.20. The standard InChI is InChI=1S/C15H21NO2/c1-7-5-8(2)10(4)13(9(7)3)14(16)11-6-12(11)15(17)18/h5,11-12,14H,6,16H2,1-4H3,(H,17,18). The molecule has 0 aliphatic heterocycles. The Morgan fingerprint density at radius 3 is 2.17 bits per heavy atom. The summed E-state index contributed by atoms with van der Waals surface area (Å²) >= 11 is 0. The summed E-state index contributed by atoms with van der Waals surface area (Å²) in [5, 5.41) is 9.01. The van der Waals surface area contributed by atoms with Crippen LogP contribution in [-0.2, 0) is 4.79 Å². The predicted octanol–water partition coefficient (Wildman–Crippen LogP) is 2.64. The first-order valence-electron chi connectivity index (χ1n) is 6.40. The number of hydrogen-bond acceptors (Lipinski definition) is 2. The van der Waals surface area contributed by atoms with Gasteiger partial charge in [0, 0.05) is 6.04 Å². The van der Waals surface area contributed by atoms with Crippen LogP contribution in [0.5, 0.6) is 0 Å². The molecule has 0 radical (unpaired) electrons. The predicted molar refractivity (Wildman–Crippen MR) is 71.6 cm³/mol. The van der Waals surface area contributed by atoms with Crippen LogP contribution in [0, 0.1) is 39.5 Å². The van der Waals surface area contributed by atoms with Gasteiger partial charge >= 0.3 is 5.97 Å². The molecule has 18 heavy (non-hydrogen) atoms. The third-order valence-corrected chi connectivity index (χ3v) is 4.38. The van der Waals surface area contributed by atoms with Gasteiger partial charge in [-0.1, -0.05) is 6.07 Å². The number of hydrogen-bond donors (Lipinski definition) is 2. The molecule has 1 aliphatic rings. The van der Waals surface area contributed by atoms with Crippen molar-refractivity contribution in [2.45, 2.75) is 40.2 Å². The minimum Gasteiger partial charge on any atom is -0.481 e. The molecule has 1 fully saturated rings. The molecule has 3 heteroatoms. The average Bonchev–Trinajstić information content (AvgIpc) is 3.06. The van der Waals surface area contributed by atoms with Crippen LogP contribution in [0.15, 0.2) is 6.07 Å². The normalized spacial score (nSPS) is 23.8. The zero-order chi connectivity index (χ0) is 13.6. The quantitative estimate of drug-likeness (QED) is 0.863. The van der Waals surface area contributed by atoms with Gasteiger partial charge in [-0.2, -0.15) is 0 Å². The van der Waals surface area contributed by atoms with Crippen molar-refractivity contribution >= 4 is 5.97 Å². The third kappa shape index (κ3) is 2.03. The maximum Gasteiger partial charge on any atom is 0.306 e. The largest absolute Gasteiger partial charge is 0.481 e. The van der Waals surface area contributed by atoms with E-state index in [-0.39, 0.29) is 17.9 Å². The maximum atomic E-state index is 11.0. The first-order valence-corrected chi connectivity index (χ1v) is 6.40. The number of carbonyl (C=O) groups is 1. The third-order valence-electron chi connectivity index (χ3n) is 4.38. The highest BCUT2D eigenvalue weighted by molar-refractivity contribution is 5.73. The molecule has 1 aromatic carbocycles. The summed E-state index contributed by atoms with van der Waals surface area (Å²) in [6, 6.07) is 2.02. The number of carboxylic acid groups (broad SMARTS) is 1. The lowest BCUT2D eigenvalue weighted by Crippen LogP contribution is -2.19. The van der Waals surface area contributed by atoms with Gasteiger partial charge in [0.15, 0.2) is 0 Å². The second kappa shape index (κ2) is 4.39. The van der Waals surface area contributed by atoms with Gasteiger partial charge < -0.3 is 10.8 Å². The molecule has 0 aromatic heterocycles. The van der Waals surface area contributed by atoms with E-state index in [1.54, 1.807) is 0 Å². The average molecular weight is 247 g/mol. The minimum atomic E-state index is -0.713. The molecule has 1 aromatic rings. The Hall–Kier alpha value is -1.35. The molecule has 0 spiro atoms. The van der Waals surface area contributed by atoms with Gasteiger partial charge in [0.05, 0.1) is 5.92 Å². The lowest BCUT2D eigenvalue weighted by Gasteiger charge is -2.21. The van der Waals surface area contributed by atoms with Gasteiger partial charge in [-0.15, -0.1) is 0 Å². The van der Waals surface area contributed by atoms with E-state index in [0.29, 0.717) is 6.42 Å². The summed E-state index contributed by atoms with van der Waals surface area (Å²) in [4.78, 5) is 11.0. The molecule has 1 aliphatic carbocycles. The first-order chi connectivity index (χ1) is 8.34. The summed E-state index contributed by atoms with van der Waals surface area (Å²) in [5.41, 5.74) is 12.3. The fourth-order valence-corrected chi connectivity index (χ4v) is 2.86. The molecule has 3 unspecified atom stereocenters. The van der Waals surface area contributed by atoms with Crippen LogP contribution >= 0.6 is 0 Å². The molecule has 3 nitrogen and oxygen atoms in total. The molecular weight excluding hydrogens is 226 g/mol. The van der Waals surface area contributed by atoms with Gasteiger partial charge in [-0.3, -0.25) is 4.79 Å². The van der Waals surface area contributed by atoms with Crippen LogP contribution in [0.1, 0.15) is 40.3 Å². The summed E-state index contributed by atoms with van der Waals surface area (Å²) < 4.78 is 0. The van der Waals surface area contributed by atoms with E-state index in [2.05, 4.69) is 33.8 Å². The molecule has 3 N–H and O–H groups in total. The molecule has 0 amide bonds. The molecule has 1 saturated carbocycles. The van der Waals surface area contributed by atoms with Crippen molar-refractivity contribution in [2.75, 3.05) is 0 Å². The summed E-state index contributed by atoms with van der Waals surface area (Å²) in [6.45, 7) is 8.32. The van der Waals surface area contributed by atoms with Gasteiger partial charge in [-0.05, 0) is 67.9 Å². The molecule has 0 saturated heterocycles. The molecule has 2 rings (SSSR count). The first kappa shape index (κ1) is 13.1. The molecular formula is C15H21NO2. The summed E-state index contributed by atoms with van der Waals surface area (Å²) in [6.07, 6.45) is 0.711. The zero-order valence-electron chi connectivity index (χ0n) is 11.4. The van der Waals surface area contributed by atoms with Crippen molar-refractivity contribution in [1.29, 1.82) is 0 Å². The Bertz CT molecular complexity index is 481. The van der Waals surface area contributed by atoms with Crippen molar-refractivity contribution in [1.82, 2.24) is 0 Å². The van der Waals surface area contributed by atoms with E-state index in [4.69, 9.17) is 10.8 Å². The van der Waals surface area contributed by atoms with Crippen LogP contribution in [-0.4, -0.2) is 11.1 Å². The van der Waals surface area contributed by atoms with Crippen molar-refractivity contribution in [3.05, 3.63) is 33.9 Å². The van der Waals surface area contributed by atoms with Gasteiger partial charge in [-0.25, -0.2) is 0 Å². The van der Waals surface area contributed by atoms with E-state index >= 15 is 0 Å². The van der Waals surface area contributed by atoms with E-state index < -0.39 is 5.97 Å². The monoisotopic (exact) mass is 247 g/mol. The summed E-state index contributed by atoms with van der Waals surface area (Å²) in [5.74, 6) is -0.865. The van der Waals surface area contributed by atoms with Crippen LogP contribution in [0.25, 0.3) is 0 Å². The number of nitrogens with two attached hydrogens (primary N) is 1. The Morgan fingerprint density at radius 1 is 1.28 bits per heavy atom. The van der Waals surface area contributed by atoms with Gasteiger partial charge in [0.25, 0.3) is 0 Å². The minimum absolute atomic E-state index is 0.0982. The zero-order valence-corrected chi connectivity index (χ0v) is 11.4. The SMILES string of the molecule is Cc1cc(C)c(C)c(C(N)C2CC2C(=O)O)c1C. The van der Waals surface area contributed by atoms with Crippen molar-refractivity contribution in [3.63, 3.8) is 0 Å². The Balaban J connectivity index is 2.37. The topological polar surface area (TPSA) is 63.3 Å². The molecule has 0 bridgehead atoms. The lowest BCUT2D eigenvalue weighted by atomic mass is 9.88. The molecule has 0 heterocycles.